The first kappa shape index (κ1) is 12.3. The number of halogens is 1. The summed E-state index contributed by atoms with van der Waals surface area (Å²) in [7, 11) is 0. The first-order valence-corrected chi connectivity index (χ1v) is 7.52. The Labute approximate surface area is 116 Å². The molecule has 19 heavy (non-hydrogen) atoms. The second-order valence-electron chi connectivity index (χ2n) is 4.44. The predicted molar refractivity (Wildman–Crippen MR) is 80.8 cm³/mol. The number of para-hydroxylation sites is 1. The third kappa shape index (κ3) is 2.26. The maximum Gasteiger partial charge on any atom is 0.123 e. The fraction of sp³-hybridized carbons (Fsp3) is 0.125. The van der Waals surface area contributed by atoms with Gasteiger partial charge in [0.05, 0.1) is 5.88 Å². The van der Waals surface area contributed by atoms with Crippen molar-refractivity contribution < 1.29 is 4.39 Å². The lowest BCUT2D eigenvalue weighted by molar-refractivity contribution is 0.628. The molecule has 0 aliphatic heterocycles. The molecule has 0 bridgehead atoms. The minimum absolute atomic E-state index is 0.198. The summed E-state index contributed by atoms with van der Waals surface area (Å²) >= 11 is 1.78. The Morgan fingerprint density at radius 2 is 1.79 bits per heavy atom. The standard InChI is InChI=1S/C16H14FNS/c1-19-11-18-15-5-3-2-4-13(15)10-16(18)12-6-8-14(17)9-7-12/h2-10H,11H2,1H3. The third-order valence-corrected chi connectivity index (χ3v) is 3.73. The zero-order chi connectivity index (χ0) is 13.2. The summed E-state index contributed by atoms with van der Waals surface area (Å²) in [4.78, 5) is 0. The van der Waals surface area contributed by atoms with Gasteiger partial charge in [0.25, 0.3) is 0 Å². The summed E-state index contributed by atoms with van der Waals surface area (Å²) in [5.41, 5.74) is 3.40. The van der Waals surface area contributed by atoms with Crippen LogP contribution in [0.1, 0.15) is 0 Å². The summed E-state index contributed by atoms with van der Waals surface area (Å²) in [6.07, 6.45) is 2.09. The number of rotatable bonds is 3. The minimum Gasteiger partial charge on any atom is -0.331 e. The quantitative estimate of drug-likeness (QED) is 0.664. The third-order valence-electron chi connectivity index (χ3n) is 3.21. The Kier molecular flexibility index (Phi) is 3.30. The molecule has 3 rings (SSSR count). The molecule has 0 aliphatic rings. The van der Waals surface area contributed by atoms with Crippen LogP contribution in [0.3, 0.4) is 0 Å². The van der Waals surface area contributed by atoms with E-state index < -0.39 is 0 Å². The van der Waals surface area contributed by atoms with E-state index in [4.69, 9.17) is 0 Å². The van der Waals surface area contributed by atoms with Crippen LogP contribution in [-0.2, 0) is 5.88 Å². The molecule has 3 heteroatoms. The molecule has 0 atom stereocenters. The maximum absolute atomic E-state index is 13.0. The molecule has 0 unspecified atom stereocenters. The molecule has 1 aromatic heterocycles. The topological polar surface area (TPSA) is 4.93 Å². The molecule has 1 heterocycles. The number of hydrogen-bond donors (Lipinski definition) is 0. The van der Waals surface area contributed by atoms with E-state index in [9.17, 15) is 4.39 Å². The highest BCUT2D eigenvalue weighted by Gasteiger charge is 2.09. The summed E-state index contributed by atoms with van der Waals surface area (Å²) in [6.45, 7) is 0. The van der Waals surface area contributed by atoms with Crippen molar-refractivity contribution in [3.05, 3.63) is 60.4 Å². The van der Waals surface area contributed by atoms with Crippen molar-refractivity contribution in [3.63, 3.8) is 0 Å². The molecule has 0 saturated heterocycles. The number of fused-ring (bicyclic) bond motifs is 1. The summed E-state index contributed by atoms with van der Waals surface area (Å²) in [5, 5.41) is 1.22. The van der Waals surface area contributed by atoms with E-state index in [1.54, 1.807) is 11.8 Å². The molecular formula is C16H14FNS. The van der Waals surface area contributed by atoms with Crippen LogP contribution >= 0.6 is 11.8 Å². The van der Waals surface area contributed by atoms with Gasteiger partial charge in [-0.25, -0.2) is 4.39 Å². The van der Waals surface area contributed by atoms with Gasteiger partial charge < -0.3 is 4.57 Å². The molecule has 2 aromatic carbocycles. The molecular weight excluding hydrogens is 257 g/mol. The van der Waals surface area contributed by atoms with Gasteiger partial charge in [-0.05, 0) is 48.2 Å². The molecule has 3 aromatic rings. The molecule has 0 amide bonds. The van der Waals surface area contributed by atoms with Gasteiger partial charge in [0.2, 0.25) is 0 Å². The summed E-state index contributed by atoms with van der Waals surface area (Å²) < 4.78 is 15.3. The molecule has 0 saturated carbocycles. The Hall–Kier alpha value is -1.74. The Balaban J connectivity index is 2.21. The van der Waals surface area contributed by atoms with Gasteiger partial charge in [-0.3, -0.25) is 0 Å². The van der Waals surface area contributed by atoms with Gasteiger partial charge in [0.1, 0.15) is 5.82 Å². The fourth-order valence-corrected chi connectivity index (χ4v) is 2.87. The first-order chi connectivity index (χ1) is 9.29. The number of hydrogen-bond acceptors (Lipinski definition) is 1. The van der Waals surface area contributed by atoms with E-state index in [0.717, 1.165) is 17.1 Å². The lowest BCUT2D eigenvalue weighted by Crippen LogP contribution is -1.96. The van der Waals surface area contributed by atoms with Gasteiger partial charge in [-0.1, -0.05) is 18.2 Å². The van der Waals surface area contributed by atoms with Crippen molar-refractivity contribution in [1.29, 1.82) is 0 Å². The Morgan fingerprint density at radius 1 is 1.05 bits per heavy atom. The number of benzene rings is 2. The van der Waals surface area contributed by atoms with Crippen molar-refractivity contribution in [2.75, 3.05) is 6.26 Å². The fourth-order valence-electron chi connectivity index (χ4n) is 2.34. The van der Waals surface area contributed by atoms with Crippen LogP contribution in [0, 0.1) is 5.82 Å². The Bertz CT molecular complexity index is 700. The highest BCUT2D eigenvalue weighted by molar-refractivity contribution is 7.97. The van der Waals surface area contributed by atoms with Crippen molar-refractivity contribution in [2.45, 2.75) is 5.88 Å². The summed E-state index contributed by atoms with van der Waals surface area (Å²) in [5.74, 6) is 0.691. The van der Waals surface area contributed by atoms with Crippen molar-refractivity contribution in [2.24, 2.45) is 0 Å². The highest BCUT2D eigenvalue weighted by Crippen LogP contribution is 2.29. The largest absolute Gasteiger partial charge is 0.331 e. The second-order valence-corrected chi connectivity index (χ2v) is 5.28. The average molecular weight is 271 g/mol. The number of thioether (sulfide) groups is 1. The van der Waals surface area contributed by atoms with Gasteiger partial charge in [-0.2, -0.15) is 0 Å². The van der Waals surface area contributed by atoms with Crippen LogP contribution in [0.5, 0.6) is 0 Å². The van der Waals surface area contributed by atoms with Crippen LogP contribution in [0.4, 0.5) is 4.39 Å². The van der Waals surface area contributed by atoms with E-state index in [-0.39, 0.29) is 5.82 Å². The highest BCUT2D eigenvalue weighted by atomic mass is 32.2. The normalized spacial score (nSPS) is 11.1. The number of nitrogens with zero attached hydrogens (tertiary/aromatic N) is 1. The van der Waals surface area contributed by atoms with Gasteiger partial charge in [0, 0.05) is 16.6 Å². The minimum atomic E-state index is -0.198. The van der Waals surface area contributed by atoms with Crippen LogP contribution in [0.2, 0.25) is 0 Å². The smallest absolute Gasteiger partial charge is 0.123 e. The van der Waals surface area contributed by atoms with E-state index in [1.807, 2.05) is 24.3 Å². The maximum atomic E-state index is 13.0. The molecule has 0 radical (unpaired) electrons. The van der Waals surface area contributed by atoms with Crippen LogP contribution in [0.25, 0.3) is 22.2 Å². The average Bonchev–Trinajstić information content (AvgIpc) is 2.79. The van der Waals surface area contributed by atoms with Crippen LogP contribution < -0.4 is 0 Å². The van der Waals surface area contributed by atoms with E-state index >= 15 is 0 Å². The summed E-state index contributed by atoms with van der Waals surface area (Å²) in [6, 6.07) is 17.2. The molecule has 1 nitrogen and oxygen atoms in total. The molecule has 0 N–H and O–H groups in total. The zero-order valence-electron chi connectivity index (χ0n) is 10.6. The van der Waals surface area contributed by atoms with E-state index in [1.165, 1.54) is 23.0 Å². The first-order valence-electron chi connectivity index (χ1n) is 6.13. The lowest BCUT2D eigenvalue weighted by atomic mass is 10.1. The van der Waals surface area contributed by atoms with Gasteiger partial charge in [0.15, 0.2) is 0 Å². The number of aromatic nitrogens is 1. The molecule has 0 fully saturated rings. The van der Waals surface area contributed by atoms with Gasteiger partial charge in [-0.15, -0.1) is 11.8 Å². The molecule has 96 valence electrons. The van der Waals surface area contributed by atoms with Crippen molar-refractivity contribution >= 4 is 22.7 Å². The van der Waals surface area contributed by atoms with Crippen molar-refractivity contribution in [1.82, 2.24) is 4.57 Å². The predicted octanol–water partition coefficient (Wildman–Crippen LogP) is 4.77. The van der Waals surface area contributed by atoms with E-state index in [2.05, 4.69) is 29.0 Å². The monoisotopic (exact) mass is 271 g/mol. The van der Waals surface area contributed by atoms with Crippen LogP contribution in [-0.4, -0.2) is 10.8 Å². The van der Waals surface area contributed by atoms with E-state index in [0.29, 0.717) is 0 Å². The van der Waals surface area contributed by atoms with Crippen LogP contribution in [0.15, 0.2) is 54.6 Å². The van der Waals surface area contributed by atoms with Gasteiger partial charge >= 0.3 is 0 Å². The molecule has 0 spiro atoms. The molecule has 0 aliphatic carbocycles. The second kappa shape index (κ2) is 5.10. The SMILES string of the molecule is CSCn1c(-c2ccc(F)cc2)cc2ccccc21. The Morgan fingerprint density at radius 3 is 2.53 bits per heavy atom. The lowest BCUT2D eigenvalue weighted by Gasteiger charge is -2.09. The van der Waals surface area contributed by atoms with Crippen molar-refractivity contribution in [3.8, 4) is 11.3 Å². The zero-order valence-corrected chi connectivity index (χ0v) is 11.5.